The van der Waals surface area contributed by atoms with E-state index in [-0.39, 0.29) is 4.90 Å². The predicted molar refractivity (Wildman–Crippen MR) is 86.0 cm³/mol. The van der Waals surface area contributed by atoms with E-state index in [0.717, 1.165) is 5.56 Å². The Morgan fingerprint density at radius 2 is 1.54 bits per heavy atom. The zero-order chi connectivity index (χ0) is 17.6. The fourth-order valence-electron chi connectivity index (χ4n) is 1.76. The summed E-state index contributed by atoms with van der Waals surface area (Å²) in [5, 5.41) is 0. The van der Waals surface area contributed by atoms with E-state index in [1.807, 2.05) is 6.92 Å². The van der Waals surface area contributed by atoms with Gasteiger partial charge in [-0.05, 0) is 31.2 Å². The Bertz CT molecular complexity index is 810. The van der Waals surface area contributed by atoms with E-state index in [2.05, 4.69) is 4.18 Å². The van der Waals surface area contributed by atoms with Gasteiger partial charge in [-0.2, -0.15) is 8.42 Å². The van der Waals surface area contributed by atoms with Crippen molar-refractivity contribution >= 4 is 21.9 Å². The van der Waals surface area contributed by atoms with Gasteiger partial charge in [0.05, 0.1) is 10.5 Å². The quantitative estimate of drug-likeness (QED) is 0.563. The van der Waals surface area contributed by atoms with Gasteiger partial charge in [0, 0.05) is 0 Å². The van der Waals surface area contributed by atoms with Crippen LogP contribution >= 0.6 is 0 Å². The topological polar surface area (TPSA) is 86.7 Å². The Hall–Kier alpha value is -2.51. The molecule has 0 heterocycles. The lowest BCUT2D eigenvalue weighted by Crippen LogP contribution is -2.20. The molecule has 2 rings (SSSR count). The lowest BCUT2D eigenvalue weighted by molar-refractivity contribution is -0.124. The number of carbonyl (C=O) groups is 2. The van der Waals surface area contributed by atoms with Gasteiger partial charge < -0.3 is 4.74 Å². The van der Waals surface area contributed by atoms with Crippen molar-refractivity contribution in [3.8, 4) is 0 Å². The molecule has 0 unspecified atom stereocenters. The second-order valence-corrected chi connectivity index (χ2v) is 6.63. The van der Waals surface area contributed by atoms with Gasteiger partial charge in [-0.25, -0.2) is 4.79 Å². The highest BCUT2D eigenvalue weighted by Crippen LogP contribution is 2.13. The Morgan fingerprint density at radius 1 is 0.917 bits per heavy atom. The number of benzene rings is 2. The summed E-state index contributed by atoms with van der Waals surface area (Å²) in [6.45, 7) is 0.567. The average Bonchev–Trinajstić information content (AvgIpc) is 2.59. The van der Waals surface area contributed by atoms with Crippen LogP contribution in [0.1, 0.15) is 15.9 Å². The van der Waals surface area contributed by atoms with Gasteiger partial charge in [-0.3, -0.25) is 8.98 Å². The highest BCUT2D eigenvalue weighted by Gasteiger charge is 2.18. The summed E-state index contributed by atoms with van der Waals surface area (Å²) in [6.07, 6.45) is 0. The molecule has 24 heavy (non-hydrogen) atoms. The number of aryl methyl sites for hydroxylation is 1. The average molecular weight is 348 g/mol. The van der Waals surface area contributed by atoms with Crippen LogP contribution in [0, 0.1) is 6.92 Å². The lowest BCUT2D eigenvalue weighted by atomic mass is 10.2. The van der Waals surface area contributed by atoms with E-state index in [4.69, 9.17) is 4.74 Å². The highest BCUT2D eigenvalue weighted by atomic mass is 32.2. The van der Waals surface area contributed by atoms with Crippen molar-refractivity contribution < 1.29 is 26.9 Å². The minimum atomic E-state index is -4.02. The van der Waals surface area contributed by atoms with Crippen LogP contribution in [0.3, 0.4) is 0 Å². The SMILES string of the molecule is Cc1ccc(S(=O)(=O)OCC(=O)COC(=O)c2ccccc2)cc1. The standard InChI is InChI=1S/C17H16O6S/c1-13-7-9-16(10-8-13)24(20,21)23-12-15(18)11-22-17(19)14-5-3-2-4-6-14/h2-10H,11-12H2,1H3. The molecule has 0 fully saturated rings. The predicted octanol–water partition coefficient (Wildman–Crippen LogP) is 2.13. The van der Waals surface area contributed by atoms with Crippen LogP contribution in [-0.4, -0.2) is 33.4 Å². The smallest absolute Gasteiger partial charge is 0.338 e. The molecule has 0 N–H and O–H groups in total. The molecule has 0 amide bonds. The van der Waals surface area contributed by atoms with Gasteiger partial charge >= 0.3 is 5.97 Å². The summed E-state index contributed by atoms with van der Waals surface area (Å²) >= 11 is 0. The summed E-state index contributed by atoms with van der Waals surface area (Å²) < 4.78 is 33.4. The van der Waals surface area contributed by atoms with Crippen molar-refractivity contribution in [3.05, 3.63) is 65.7 Å². The molecular weight excluding hydrogens is 332 g/mol. The van der Waals surface area contributed by atoms with Crippen molar-refractivity contribution in [2.24, 2.45) is 0 Å². The largest absolute Gasteiger partial charge is 0.454 e. The number of ether oxygens (including phenoxy) is 1. The number of ketones is 1. The molecule has 0 aliphatic rings. The number of esters is 1. The van der Waals surface area contributed by atoms with Crippen LogP contribution in [-0.2, 0) is 23.8 Å². The molecule has 0 spiro atoms. The van der Waals surface area contributed by atoms with E-state index < -0.39 is 35.1 Å². The minimum Gasteiger partial charge on any atom is -0.454 e. The molecule has 7 heteroatoms. The highest BCUT2D eigenvalue weighted by molar-refractivity contribution is 7.86. The number of Topliss-reactive ketones (excluding diaryl/α,β-unsaturated/α-hetero) is 1. The van der Waals surface area contributed by atoms with Gasteiger partial charge in [0.1, 0.15) is 6.61 Å². The molecule has 0 aliphatic heterocycles. The third kappa shape index (κ3) is 5.00. The molecule has 0 bridgehead atoms. The monoisotopic (exact) mass is 348 g/mol. The molecule has 0 saturated heterocycles. The van der Waals surface area contributed by atoms with Gasteiger partial charge in [0.25, 0.3) is 10.1 Å². The zero-order valence-corrected chi connectivity index (χ0v) is 13.8. The Morgan fingerprint density at radius 3 is 2.17 bits per heavy atom. The van der Waals surface area contributed by atoms with Crippen molar-refractivity contribution in [1.29, 1.82) is 0 Å². The summed E-state index contributed by atoms with van der Waals surface area (Å²) in [4.78, 5) is 23.3. The normalized spacial score (nSPS) is 11.0. The van der Waals surface area contributed by atoms with Crippen molar-refractivity contribution in [2.45, 2.75) is 11.8 Å². The Balaban J connectivity index is 1.84. The summed E-state index contributed by atoms with van der Waals surface area (Å²) in [5.74, 6) is -1.32. The maximum Gasteiger partial charge on any atom is 0.338 e. The molecule has 0 aromatic heterocycles. The van der Waals surface area contributed by atoms with Crippen LogP contribution < -0.4 is 0 Å². The van der Waals surface area contributed by atoms with E-state index in [0.29, 0.717) is 5.56 Å². The van der Waals surface area contributed by atoms with Crippen molar-refractivity contribution in [1.82, 2.24) is 0 Å². The van der Waals surface area contributed by atoms with Crippen LogP contribution in [0.5, 0.6) is 0 Å². The van der Waals surface area contributed by atoms with E-state index >= 15 is 0 Å². The number of hydrogen-bond donors (Lipinski definition) is 0. The Kier molecular flexibility index (Phi) is 5.83. The molecule has 0 saturated carbocycles. The van der Waals surface area contributed by atoms with Crippen LogP contribution in [0.2, 0.25) is 0 Å². The van der Waals surface area contributed by atoms with E-state index in [1.54, 1.807) is 42.5 Å². The van der Waals surface area contributed by atoms with Crippen molar-refractivity contribution in [2.75, 3.05) is 13.2 Å². The fourth-order valence-corrected chi connectivity index (χ4v) is 2.65. The molecule has 0 aliphatic carbocycles. The first-order valence-corrected chi connectivity index (χ1v) is 8.49. The molecule has 6 nitrogen and oxygen atoms in total. The molecule has 0 atom stereocenters. The van der Waals surface area contributed by atoms with Crippen molar-refractivity contribution in [3.63, 3.8) is 0 Å². The molecular formula is C17H16O6S. The molecule has 2 aromatic carbocycles. The second-order valence-electron chi connectivity index (χ2n) is 5.01. The number of hydrogen-bond acceptors (Lipinski definition) is 6. The lowest BCUT2D eigenvalue weighted by Gasteiger charge is -2.06. The van der Waals surface area contributed by atoms with E-state index in [1.165, 1.54) is 12.1 Å². The first-order valence-electron chi connectivity index (χ1n) is 7.08. The van der Waals surface area contributed by atoms with Crippen LogP contribution in [0.15, 0.2) is 59.5 Å². The number of rotatable bonds is 7. The first kappa shape index (κ1) is 17.8. The maximum atomic E-state index is 11.9. The third-order valence-electron chi connectivity index (χ3n) is 3.06. The molecule has 2 aromatic rings. The fraction of sp³-hybridized carbons (Fsp3) is 0.176. The zero-order valence-electron chi connectivity index (χ0n) is 13.0. The van der Waals surface area contributed by atoms with Gasteiger partial charge in [-0.1, -0.05) is 35.9 Å². The summed E-state index contributed by atoms with van der Waals surface area (Å²) in [5.41, 5.74) is 1.20. The summed E-state index contributed by atoms with van der Waals surface area (Å²) in [6, 6.07) is 14.2. The van der Waals surface area contributed by atoms with Gasteiger partial charge in [-0.15, -0.1) is 0 Å². The van der Waals surface area contributed by atoms with Gasteiger partial charge in [0.15, 0.2) is 12.4 Å². The third-order valence-corrected chi connectivity index (χ3v) is 4.34. The Labute approximate surface area is 140 Å². The van der Waals surface area contributed by atoms with Crippen LogP contribution in [0.25, 0.3) is 0 Å². The summed E-state index contributed by atoms with van der Waals surface area (Å²) in [7, 11) is -4.02. The first-order chi connectivity index (χ1) is 11.4. The maximum absolute atomic E-state index is 11.9. The van der Waals surface area contributed by atoms with Gasteiger partial charge in [0.2, 0.25) is 0 Å². The minimum absolute atomic E-state index is 0.0396. The molecule has 0 radical (unpaired) electrons. The van der Waals surface area contributed by atoms with E-state index in [9.17, 15) is 18.0 Å². The second kappa shape index (κ2) is 7.85. The van der Waals surface area contributed by atoms with Crippen LogP contribution in [0.4, 0.5) is 0 Å². The molecule has 126 valence electrons. The number of carbonyl (C=O) groups excluding carboxylic acids is 2.